The minimum atomic E-state index is -3.77. The molecule has 32 heavy (non-hydrogen) atoms. The third-order valence-corrected chi connectivity index (χ3v) is 7.50. The lowest BCUT2D eigenvalue weighted by molar-refractivity contribution is -0.119. The number of sulfonamides is 1. The summed E-state index contributed by atoms with van der Waals surface area (Å²) in [6.07, 6.45) is 4.31. The van der Waals surface area contributed by atoms with Crippen LogP contribution in [0.15, 0.2) is 65.8 Å². The van der Waals surface area contributed by atoms with Gasteiger partial charge in [0.15, 0.2) is 5.82 Å². The molecule has 1 aliphatic rings. The maximum absolute atomic E-state index is 13.1. The molecule has 0 spiro atoms. The van der Waals surface area contributed by atoms with Crippen LogP contribution in [0.2, 0.25) is 0 Å². The summed E-state index contributed by atoms with van der Waals surface area (Å²) in [5.41, 5.74) is 1.90. The number of amides is 1. The first-order valence-electron chi connectivity index (χ1n) is 10.3. The average Bonchev–Trinajstić information content (AvgIpc) is 3.44. The number of nitrogens with one attached hydrogen (secondary N) is 1. The normalized spacial score (nSPS) is 16.8. The molecule has 0 unspecified atom stereocenters. The fourth-order valence-electron chi connectivity index (χ4n) is 3.78. The van der Waals surface area contributed by atoms with Crippen LogP contribution in [0.5, 0.6) is 0 Å². The predicted molar refractivity (Wildman–Crippen MR) is 120 cm³/mol. The van der Waals surface area contributed by atoms with Gasteiger partial charge in [-0.2, -0.15) is 4.31 Å². The van der Waals surface area contributed by atoms with Crippen molar-refractivity contribution in [3.63, 3.8) is 0 Å². The van der Waals surface area contributed by atoms with Crippen LogP contribution in [0.4, 0.5) is 5.69 Å². The van der Waals surface area contributed by atoms with Gasteiger partial charge in [-0.1, -0.05) is 17.7 Å². The number of rotatable bonds is 6. The van der Waals surface area contributed by atoms with E-state index in [1.165, 1.54) is 4.31 Å². The molecule has 9 heteroatoms. The van der Waals surface area contributed by atoms with Gasteiger partial charge in [0.25, 0.3) is 0 Å². The Morgan fingerprint density at radius 3 is 2.38 bits per heavy atom. The van der Waals surface area contributed by atoms with Crippen LogP contribution in [0.1, 0.15) is 34.6 Å². The van der Waals surface area contributed by atoms with E-state index in [0.29, 0.717) is 36.5 Å². The van der Waals surface area contributed by atoms with Crippen LogP contribution in [-0.4, -0.2) is 46.6 Å². The third kappa shape index (κ3) is 4.21. The maximum Gasteiger partial charge on any atom is 0.243 e. The van der Waals surface area contributed by atoms with Crippen molar-refractivity contribution >= 4 is 27.4 Å². The van der Waals surface area contributed by atoms with Crippen LogP contribution < -0.4 is 5.32 Å². The van der Waals surface area contributed by atoms with E-state index >= 15 is 0 Å². The molecular weight excluding hydrogens is 428 g/mol. The molecule has 1 N–H and O–H groups in total. The zero-order valence-electron chi connectivity index (χ0n) is 17.9. The lowest BCUT2D eigenvalue weighted by Crippen LogP contribution is -2.43. The summed E-state index contributed by atoms with van der Waals surface area (Å²) < 4.78 is 29.1. The minimum absolute atomic E-state index is 0.181. The number of hydrogen-bond acceptors (Lipinski definition) is 5. The number of hydrogen-bond donors (Lipinski definition) is 1. The van der Waals surface area contributed by atoms with E-state index in [-0.39, 0.29) is 16.6 Å². The first-order valence-corrected chi connectivity index (χ1v) is 11.7. The standard InChI is InChI=1S/C23H24N4O4S/c1-16-5-11-19(12-6-16)32(30,31)27-14-3-4-20(27)23(29)25-18-9-7-17(8-10-18)21(28)22-24-13-15-26(22)2/h5-13,15,20H,3-4,14H2,1-2H3,(H,25,29)/t20-/m0/s1. The summed E-state index contributed by atoms with van der Waals surface area (Å²) in [4.78, 5) is 29.7. The lowest BCUT2D eigenvalue weighted by Gasteiger charge is -2.23. The number of carbonyl (C=O) groups excluding carboxylic acids is 2. The Balaban J connectivity index is 1.48. The van der Waals surface area contributed by atoms with Gasteiger partial charge in [0.2, 0.25) is 21.7 Å². The molecule has 0 radical (unpaired) electrons. The molecular formula is C23H24N4O4S. The van der Waals surface area contributed by atoms with E-state index in [2.05, 4.69) is 10.3 Å². The molecule has 0 saturated carbocycles. The van der Waals surface area contributed by atoms with Gasteiger partial charge in [-0.25, -0.2) is 13.4 Å². The molecule has 166 valence electrons. The predicted octanol–water partition coefficient (Wildman–Crippen LogP) is 2.75. The van der Waals surface area contributed by atoms with Crippen LogP contribution >= 0.6 is 0 Å². The van der Waals surface area contributed by atoms with E-state index in [1.807, 2.05) is 6.92 Å². The molecule has 1 amide bonds. The molecule has 1 fully saturated rings. The smallest absolute Gasteiger partial charge is 0.243 e. The molecule has 1 aliphatic heterocycles. The van der Waals surface area contributed by atoms with Gasteiger partial charge in [0.05, 0.1) is 4.90 Å². The molecule has 2 aromatic carbocycles. The summed E-state index contributed by atoms with van der Waals surface area (Å²) in [7, 11) is -2.03. The Morgan fingerprint density at radius 1 is 1.06 bits per heavy atom. The summed E-state index contributed by atoms with van der Waals surface area (Å²) in [5, 5.41) is 2.78. The SMILES string of the molecule is Cc1ccc(S(=O)(=O)N2CCC[C@H]2C(=O)Nc2ccc(C(=O)c3nccn3C)cc2)cc1. The molecule has 8 nitrogen and oxygen atoms in total. The Kier molecular flexibility index (Phi) is 5.94. The molecule has 4 rings (SSSR count). The second-order valence-electron chi connectivity index (χ2n) is 7.84. The molecule has 1 aromatic heterocycles. The average molecular weight is 453 g/mol. The van der Waals surface area contributed by atoms with Crippen LogP contribution in [0.3, 0.4) is 0 Å². The number of nitrogens with zero attached hydrogens (tertiary/aromatic N) is 3. The summed E-state index contributed by atoms with van der Waals surface area (Å²) in [6.45, 7) is 2.18. The number of carbonyl (C=O) groups is 2. The highest BCUT2D eigenvalue weighted by Crippen LogP contribution is 2.27. The summed E-state index contributed by atoms with van der Waals surface area (Å²) >= 11 is 0. The van der Waals surface area contributed by atoms with Gasteiger partial charge >= 0.3 is 0 Å². The minimum Gasteiger partial charge on any atom is -0.331 e. The largest absolute Gasteiger partial charge is 0.331 e. The molecule has 0 aliphatic carbocycles. The van der Waals surface area contributed by atoms with Crippen molar-refractivity contribution in [1.82, 2.24) is 13.9 Å². The number of anilines is 1. The van der Waals surface area contributed by atoms with E-state index in [1.54, 1.807) is 72.5 Å². The van der Waals surface area contributed by atoms with E-state index in [4.69, 9.17) is 0 Å². The maximum atomic E-state index is 13.1. The van der Waals surface area contributed by atoms with Crippen molar-refractivity contribution in [1.29, 1.82) is 0 Å². The van der Waals surface area contributed by atoms with E-state index in [9.17, 15) is 18.0 Å². The van der Waals surface area contributed by atoms with E-state index in [0.717, 1.165) is 5.56 Å². The lowest BCUT2D eigenvalue weighted by atomic mass is 10.1. The quantitative estimate of drug-likeness (QED) is 0.580. The highest BCUT2D eigenvalue weighted by molar-refractivity contribution is 7.89. The van der Waals surface area contributed by atoms with Crippen molar-refractivity contribution < 1.29 is 18.0 Å². The highest BCUT2D eigenvalue weighted by Gasteiger charge is 2.39. The number of aryl methyl sites for hydroxylation is 2. The topological polar surface area (TPSA) is 101 Å². The van der Waals surface area contributed by atoms with Crippen LogP contribution in [0.25, 0.3) is 0 Å². The summed E-state index contributed by atoms with van der Waals surface area (Å²) in [6, 6.07) is 12.3. The highest BCUT2D eigenvalue weighted by atomic mass is 32.2. The first-order chi connectivity index (χ1) is 15.3. The molecule has 2 heterocycles. The monoisotopic (exact) mass is 452 g/mol. The van der Waals surface area contributed by atoms with Crippen molar-refractivity contribution in [2.75, 3.05) is 11.9 Å². The number of ketones is 1. The molecule has 1 atom stereocenters. The van der Waals surface area contributed by atoms with Crippen LogP contribution in [0, 0.1) is 6.92 Å². The Bertz CT molecular complexity index is 1250. The van der Waals surface area contributed by atoms with Gasteiger partial charge in [-0.3, -0.25) is 9.59 Å². The van der Waals surface area contributed by atoms with Crippen molar-refractivity contribution in [2.24, 2.45) is 7.05 Å². The zero-order valence-corrected chi connectivity index (χ0v) is 18.7. The Morgan fingerprint density at radius 2 is 1.75 bits per heavy atom. The number of imidazole rings is 1. The van der Waals surface area contributed by atoms with Gasteiger partial charge in [-0.05, 0) is 56.2 Å². The molecule has 0 bridgehead atoms. The van der Waals surface area contributed by atoms with Gasteiger partial charge in [0.1, 0.15) is 6.04 Å². The zero-order chi connectivity index (χ0) is 22.9. The van der Waals surface area contributed by atoms with Gasteiger partial charge in [-0.15, -0.1) is 0 Å². The number of aromatic nitrogens is 2. The Labute approximate surface area is 186 Å². The number of benzene rings is 2. The van der Waals surface area contributed by atoms with E-state index < -0.39 is 16.1 Å². The molecule has 3 aromatic rings. The first kappa shape index (κ1) is 21.9. The van der Waals surface area contributed by atoms with Crippen molar-refractivity contribution in [3.05, 3.63) is 77.9 Å². The fourth-order valence-corrected chi connectivity index (χ4v) is 5.44. The second kappa shape index (κ2) is 8.68. The molecule has 1 saturated heterocycles. The van der Waals surface area contributed by atoms with Gasteiger partial charge < -0.3 is 9.88 Å². The van der Waals surface area contributed by atoms with Crippen molar-refractivity contribution in [3.8, 4) is 0 Å². The third-order valence-electron chi connectivity index (χ3n) is 5.57. The Hall–Kier alpha value is -3.30. The van der Waals surface area contributed by atoms with Gasteiger partial charge in [0, 0.05) is 37.2 Å². The summed E-state index contributed by atoms with van der Waals surface area (Å²) in [5.74, 6) is -0.285. The van der Waals surface area contributed by atoms with Crippen LogP contribution in [-0.2, 0) is 21.9 Å². The fraction of sp³-hybridized carbons (Fsp3) is 0.261. The van der Waals surface area contributed by atoms with Crippen molar-refractivity contribution in [2.45, 2.75) is 30.7 Å². The second-order valence-corrected chi connectivity index (χ2v) is 9.73.